The molecule has 0 radical (unpaired) electrons. The quantitative estimate of drug-likeness (QED) is 0.239. The number of nitrogens with one attached hydrogen (secondary N) is 3. The molecule has 1 saturated carbocycles. The van der Waals surface area contributed by atoms with E-state index in [4.69, 9.17) is 4.74 Å². The number of halogens is 1. The van der Waals surface area contributed by atoms with Crippen LogP contribution in [-0.4, -0.2) is 59.5 Å². The Bertz CT molecular complexity index is 496. The molecule has 0 amide bonds. The molecule has 132 valence electrons. The highest BCUT2D eigenvalue weighted by atomic mass is 127. The van der Waals surface area contributed by atoms with Crippen molar-refractivity contribution in [2.75, 3.05) is 33.5 Å². The first-order valence-electron chi connectivity index (χ1n) is 7.03. The zero-order chi connectivity index (χ0) is 16.3. The predicted octanol–water partition coefficient (Wildman–Crippen LogP) is 0.522. The van der Waals surface area contributed by atoms with Gasteiger partial charge in [0, 0.05) is 38.7 Å². The molecule has 1 aliphatic carbocycles. The number of ether oxygens (including phenoxy) is 1. The van der Waals surface area contributed by atoms with Crippen molar-refractivity contribution in [1.82, 2.24) is 15.4 Å². The number of sulfonamides is 1. The number of guanidine groups is 1. The highest BCUT2D eigenvalue weighted by Crippen LogP contribution is 2.51. The smallest absolute Gasteiger partial charge is 0.208 e. The molecule has 0 heterocycles. The van der Waals surface area contributed by atoms with Gasteiger partial charge in [-0.3, -0.25) is 4.99 Å². The van der Waals surface area contributed by atoms with Crippen LogP contribution in [0.15, 0.2) is 4.99 Å². The molecule has 0 saturated heterocycles. The largest absolute Gasteiger partial charge is 0.378 e. The Morgan fingerprint density at radius 2 is 1.91 bits per heavy atom. The molecule has 22 heavy (non-hydrogen) atoms. The third kappa shape index (κ3) is 5.20. The summed E-state index contributed by atoms with van der Waals surface area (Å²) >= 11 is 0. The van der Waals surface area contributed by atoms with E-state index in [1.165, 1.54) is 0 Å². The second kappa shape index (κ2) is 8.11. The van der Waals surface area contributed by atoms with Crippen LogP contribution in [0.4, 0.5) is 0 Å². The van der Waals surface area contributed by atoms with Gasteiger partial charge in [-0.15, -0.1) is 24.0 Å². The monoisotopic (exact) mass is 448 g/mol. The fourth-order valence-electron chi connectivity index (χ4n) is 2.50. The van der Waals surface area contributed by atoms with E-state index in [1.807, 2.05) is 0 Å². The van der Waals surface area contributed by atoms with Gasteiger partial charge in [0.1, 0.15) is 0 Å². The average Bonchev–Trinajstić information content (AvgIpc) is 2.39. The fourth-order valence-corrected chi connectivity index (χ4v) is 2.97. The van der Waals surface area contributed by atoms with Gasteiger partial charge in [0.25, 0.3) is 0 Å². The van der Waals surface area contributed by atoms with Gasteiger partial charge in [-0.05, 0) is 13.3 Å². The number of hydrogen-bond donors (Lipinski definition) is 3. The van der Waals surface area contributed by atoms with Gasteiger partial charge in [0.05, 0.1) is 11.9 Å². The summed E-state index contributed by atoms with van der Waals surface area (Å²) in [5, 5.41) is 6.46. The van der Waals surface area contributed by atoms with E-state index in [2.05, 4.69) is 41.1 Å². The standard InChI is InChI=1S/C13H28N4O3S.HI/c1-12(2)10(9-13(12,3)20-5)17-11(14-4)15-7-8-16-21(6,18)19;/h10,16H,7-9H2,1-6H3,(H2,14,15,17);1H. The van der Waals surface area contributed by atoms with Crippen LogP contribution in [0.3, 0.4) is 0 Å². The fraction of sp³-hybridized carbons (Fsp3) is 0.923. The van der Waals surface area contributed by atoms with Gasteiger partial charge in [-0.25, -0.2) is 13.1 Å². The lowest BCUT2D eigenvalue weighted by Gasteiger charge is -2.59. The summed E-state index contributed by atoms with van der Waals surface area (Å²) in [5.41, 5.74) is -0.147. The highest BCUT2D eigenvalue weighted by Gasteiger charge is 2.57. The number of hydrogen-bond acceptors (Lipinski definition) is 4. The molecule has 0 spiro atoms. The second-order valence-corrected chi connectivity index (χ2v) is 8.06. The van der Waals surface area contributed by atoms with Gasteiger partial charge in [0.15, 0.2) is 5.96 Å². The lowest BCUT2D eigenvalue weighted by molar-refractivity contribution is -0.176. The van der Waals surface area contributed by atoms with Crippen LogP contribution < -0.4 is 15.4 Å². The summed E-state index contributed by atoms with van der Waals surface area (Å²) in [4.78, 5) is 4.16. The minimum absolute atomic E-state index is 0. The molecule has 7 nitrogen and oxygen atoms in total. The summed E-state index contributed by atoms with van der Waals surface area (Å²) in [6.07, 6.45) is 2.04. The first-order valence-corrected chi connectivity index (χ1v) is 8.92. The van der Waals surface area contributed by atoms with Crippen LogP contribution in [0.1, 0.15) is 27.2 Å². The van der Waals surface area contributed by atoms with E-state index in [0.29, 0.717) is 19.0 Å². The van der Waals surface area contributed by atoms with Crippen molar-refractivity contribution in [3.05, 3.63) is 0 Å². The number of nitrogens with zero attached hydrogens (tertiary/aromatic N) is 1. The molecule has 2 atom stereocenters. The normalized spacial score (nSPS) is 27.5. The van der Waals surface area contributed by atoms with Gasteiger partial charge < -0.3 is 15.4 Å². The van der Waals surface area contributed by atoms with Crippen molar-refractivity contribution in [2.24, 2.45) is 10.4 Å². The summed E-state index contributed by atoms with van der Waals surface area (Å²) in [6.45, 7) is 7.23. The third-order valence-corrected chi connectivity index (χ3v) is 5.32. The van der Waals surface area contributed by atoms with Crippen molar-refractivity contribution < 1.29 is 13.2 Å². The molecular formula is C13H29IN4O3S. The van der Waals surface area contributed by atoms with Crippen LogP contribution in [0.5, 0.6) is 0 Å². The summed E-state index contributed by atoms with van der Waals surface area (Å²) in [7, 11) is 0.283. The highest BCUT2D eigenvalue weighted by molar-refractivity contribution is 14.0. The first kappa shape index (κ1) is 21.9. The molecule has 9 heteroatoms. The van der Waals surface area contributed by atoms with Crippen molar-refractivity contribution in [1.29, 1.82) is 0 Å². The molecule has 2 unspecified atom stereocenters. The number of rotatable bonds is 6. The minimum atomic E-state index is -3.15. The summed E-state index contributed by atoms with van der Waals surface area (Å²) in [5.74, 6) is 0.668. The maximum Gasteiger partial charge on any atom is 0.208 e. The topological polar surface area (TPSA) is 91.8 Å². The second-order valence-electron chi connectivity index (χ2n) is 6.22. The van der Waals surface area contributed by atoms with E-state index in [-0.39, 0.29) is 41.0 Å². The first-order chi connectivity index (χ1) is 9.55. The molecule has 0 aromatic heterocycles. The molecule has 0 aromatic rings. The average molecular weight is 448 g/mol. The predicted molar refractivity (Wildman–Crippen MR) is 100 cm³/mol. The van der Waals surface area contributed by atoms with Crippen LogP contribution in [-0.2, 0) is 14.8 Å². The van der Waals surface area contributed by atoms with E-state index in [9.17, 15) is 8.42 Å². The van der Waals surface area contributed by atoms with Crippen molar-refractivity contribution in [3.8, 4) is 0 Å². The molecule has 1 aliphatic rings. The maximum absolute atomic E-state index is 11.0. The lowest BCUT2D eigenvalue weighted by atomic mass is 9.56. The van der Waals surface area contributed by atoms with Crippen molar-refractivity contribution in [2.45, 2.75) is 38.8 Å². The van der Waals surface area contributed by atoms with Gasteiger partial charge in [-0.2, -0.15) is 0 Å². The molecule has 3 N–H and O–H groups in total. The van der Waals surface area contributed by atoms with Crippen LogP contribution in [0, 0.1) is 5.41 Å². The Balaban J connectivity index is 0.00000441. The van der Waals surface area contributed by atoms with Gasteiger partial charge in [0.2, 0.25) is 10.0 Å². The lowest BCUT2D eigenvalue weighted by Crippen LogP contribution is -2.69. The summed E-state index contributed by atoms with van der Waals surface area (Å²) in [6, 6.07) is 0.261. The van der Waals surface area contributed by atoms with Crippen LogP contribution >= 0.6 is 24.0 Å². The van der Waals surface area contributed by atoms with Crippen LogP contribution in [0.25, 0.3) is 0 Å². The van der Waals surface area contributed by atoms with E-state index >= 15 is 0 Å². The van der Waals surface area contributed by atoms with E-state index < -0.39 is 10.0 Å². The Morgan fingerprint density at radius 1 is 1.32 bits per heavy atom. The number of aliphatic imine (C=N–C) groups is 1. The Labute approximate surface area is 151 Å². The van der Waals surface area contributed by atoms with Gasteiger partial charge in [-0.1, -0.05) is 13.8 Å². The van der Waals surface area contributed by atoms with Gasteiger partial charge >= 0.3 is 0 Å². The molecule has 0 aromatic carbocycles. The van der Waals surface area contributed by atoms with E-state index in [0.717, 1.165) is 12.7 Å². The zero-order valence-corrected chi connectivity index (χ0v) is 17.3. The summed E-state index contributed by atoms with van der Waals surface area (Å²) < 4.78 is 30.0. The molecule has 0 aliphatic heterocycles. The van der Waals surface area contributed by atoms with E-state index in [1.54, 1.807) is 14.2 Å². The number of methoxy groups -OCH3 is 1. The van der Waals surface area contributed by atoms with Crippen molar-refractivity contribution in [3.63, 3.8) is 0 Å². The van der Waals surface area contributed by atoms with Crippen LogP contribution in [0.2, 0.25) is 0 Å². The third-order valence-electron chi connectivity index (χ3n) is 4.59. The zero-order valence-electron chi connectivity index (χ0n) is 14.2. The molecular weight excluding hydrogens is 419 g/mol. The Morgan fingerprint density at radius 3 is 2.32 bits per heavy atom. The van der Waals surface area contributed by atoms with Crippen molar-refractivity contribution >= 4 is 40.0 Å². The molecule has 1 rings (SSSR count). The minimum Gasteiger partial charge on any atom is -0.378 e. The Kier molecular flexibility index (Phi) is 8.06. The SMILES string of the molecule is CN=C(NCCNS(C)(=O)=O)NC1CC(C)(OC)C1(C)C.I. The molecule has 1 fully saturated rings. The Hall–Kier alpha value is -0.130. The maximum atomic E-state index is 11.0. The molecule has 0 bridgehead atoms.